The van der Waals surface area contributed by atoms with E-state index in [9.17, 15) is 30.9 Å². The van der Waals surface area contributed by atoms with Gasteiger partial charge < -0.3 is 18.8 Å². The van der Waals surface area contributed by atoms with Crippen molar-refractivity contribution in [1.29, 1.82) is 0 Å². The van der Waals surface area contributed by atoms with Crippen LogP contribution in [-0.2, 0) is 10.1 Å². The molecule has 0 bridgehead atoms. The molecule has 204 valence electrons. The van der Waals surface area contributed by atoms with Crippen LogP contribution in [0.5, 0.6) is 17.2 Å². The maximum atomic E-state index is 13.1. The van der Waals surface area contributed by atoms with Crippen molar-refractivity contribution in [3.63, 3.8) is 0 Å². The van der Waals surface area contributed by atoms with Crippen LogP contribution in [0.2, 0.25) is 0 Å². The van der Waals surface area contributed by atoms with Crippen LogP contribution in [0.4, 0.5) is 13.2 Å². The second kappa shape index (κ2) is 10.5. The number of hydrogen-bond donors (Lipinski definition) is 0. The molecular formula is C26H30F3O7S-. The lowest BCUT2D eigenvalue weighted by Crippen LogP contribution is -2.38. The molecule has 0 saturated heterocycles. The Morgan fingerprint density at radius 2 is 1.62 bits per heavy atom. The van der Waals surface area contributed by atoms with Gasteiger partial charge in [0, 0.05) is 0 Å². The highest BCUT2D eigenvalue weighted by Crippen LogP contribution is 2.44. The quantitative estimate of drug-likeness (QED) is 0.213. The minimum Gasteiger partial charge on any atom is -0.744 e. The maximum Gasteiger partial charge on any atom is 0.573 e. The minimum atomic E-state index is -4.96. The fraction of sp³-hybridized carbons (Fsp3) is 0.500. The highest BCUT2D eigenvalue weighted by Gasteiger charge is 2.41. The normalized spacial score (nSPS) is 15.8. The zero-order chi connectivity index (χ0) is 27.8. The third-order valence-electron chi connectivity index (χ3n) is 6.62. The van der Waals surface area contributed by atoms with Crippen LogP contribution in [0, 0.1) is 12.8 Å². The van der Waals surface area contributed by atoms with Gasteiger partial charge in [-0.1, -0.05) is 27.7 Å². The second-order valence-corrected chi connectivity index (χ2v) is 11.2. The minimum absolute atomic E-state index is 0.00254. The number of esters is 1. The summed E-state index contributed by atoms with van der Waals surface area (Å²) in [5.41, 5.74) is -0.381. The molecule has 1 aliphatic carbocycles. The average Bonchev–Trinajstić information content (AvgIpc) is 3.24. The van der Waals surface area contributed by atoms with Gasteiger partial charge in [0.05, 0.1) is 10.5 Å². The number of ether oxygens (including phenoxy) is 3. The van der Waals surface area contributed by atoms with Gasteiger partial charge in [-0.05, 0) is 85.9 Å². The van der Waals surface area contributed by atoms with Gasteiger partial charge in [-0.3, -0.25) is 0 Å². The van der Waals surface area contributed by atoms with E-state index < -0.39 is 38.7 Å². The lowest BCUT2D eigenvalue weighted by atomic mass is 9.88. The molecule has 0 radical (unpaired) electrons. The fourth-order valence-electron chi connectivity index (χ4n) is 4.53. The van der Waals surface area contributed by atoms with E-state index >= 15 is 0 Å². The molecule has 2 aromatic rings. The number of hydrogen-bond acceptors (Lipinski definition) is 7. The van der Waals surface area contributed by atoms with Crippen LogP contribution >= 0.6 is 0 Å². The van der Waals surface area contributed by atoms with Gasteiger partial charge in [-0.2, -0.15) is 0 Å². The molecule has 2 aromatic carbocycles. The first kappa shape index (κ1) is 28.8. The highest BCUT2D eigenvalue weighted by molar-refractivity contribution is 7.85. The Bertz CT molecular complexity index is 1260. The number of benzene rings is 2. The van der Waals surface area contributed by atoms with Gasteiger partial charge in [-0.25, -0.2) is 13.2 Å². The topological polar surface area (TPSA) is 102 Å². The molecule has 1 saturated carbocycles. The Hall–Kier alpha value is -2.79. The number of alkyl halides is 3. The third-order valence-corrected chi connectivity index (χ3v) is 7.51. The summed E-state index contributed by atoms with van der Waals surface area (Å²) < 4.78 is 90.0. The molecule has 0 amide bonds. The lowest BCUT2D eigenvalue weighted by molar-refractivity contribution is -0.275. The summed E-state index contributed by atoms with van der Waals surface area (Å²) in [5.74, 6) is -2.04. The first-order chi connectivity index (χ1) is 17.0. The molecule has 1 fully saturated rings. The summed E-state index contributed by atoms with van der Waals surface area (Å²) in [5, 5.41) is 0. The number of aryl methyl sites for hydroxylation is 1. The number of carbonyl (C=O) groups excluding carboxylic acids is 1. The predicted molar refractivity (Wildman–Crippen MR) is 128 cm³/mol. The maximum absolute atomic E-state index is 13.1. The van der Waals surface area contributed by atoms with Crippen LogP contribution in [-0.4, -0.2) is 30.9 Å². The molecule has 0 unspecified atom stereocenters. The number of rotatable bonds is 8. The van der Waals surface area contributed by atoms with Gasteiger partial charge in [-0.15, -0.1) is 13.2 Å². The van der Waals surface area contributed by atoms with Gasteiger partial charge in [0.1, 0.15) is 21.5 Å². The SMILES string of the molecule is Cc1cc(S(=O)(=O)[O-])c(C(C)C)cc1OC(=O)c1ccc(OC(F)(F)F)c(OC2(C(C)C)CCCC2)c1. The van der Waals surface area contributed by atoms with Gasteiger partial charge in [0.2, 0.25) is 0 Å². The van der Waals surface area contributed by atoms with Crippen LogP contribution in [0.3, 0.4) is 0 Å². The van der Waals surface area contributed by atoms with Crippen LogP contribution in [0.1, 0.15) is 80.8 Å². The molecule has 1 aliphatic rings. The summed E-state index contributed by atoms with van der Waals surface area (Å²) in [7, 11) is -4.76. The van der Waals surface area contributed by atoms with Gasteiger partial charge >= 0.3 is 12.3 Å². The molecule has 0 spiro atoms. The lowest BCUT2D eigenvalue weighted by Gasteiger charge is -2.35. The first-order valence-corrected chi connectivity index (χ1v) is 13.3. The molecule has 0 heterocycles. The smallest absolute Gasteiger partial charge is 0.573 e. The summed E-state index contributed by atoms with van der Waals surface area (Å²) >= 11 is 0. The molecule has 0 aliphatic heterocycles. The van der Waals surface area contributed by atoms with Crippen molar-refractivity contribution in [3.8, 4) is 17.2 Å². The predicted octanol–water partition coefficient (Wildman–Crippen LogP) is 6.49. The van der Waals surface area contributed by atoms with Gasteiger partial charge in [0.15, 0.2) is 11.5 Å². The van der Waals surface area contributed by atoms with E-state index in [4.69, 9.17) is 9.47 Å². The summed E-state index contributed by atoms with van der Waals surface area (Å²) in [6.45, 7) is 8.69. The van der Waals surface area contributed by atoms with E-state index in [1.165, 1.54) is 13.0 Å². The molecule has 11 heteroatoms. The molecule has 0 aromatic heterocycles. The van der Waals surface area contributed by atoms with E-state index in [1.807, 2.05) is 13.8 Å². The van der Waals surface area contributed by atoms with E-state index in [0.717, 1.165) is 37.1 Å². The zero-order valence-electron chi connectivity index (χ0n) is 21.3. The average molecular weight is 544 g/mol. The Morgan fingerprint density at radius 3 is 2.14 bits per heavy atom. The van der Waals surface area contributed by atoms with Crippen molar-refractivity contribution in [2.75, 3.05) is 0 Å². The van der Waals surface area contributed by atoms with Crippen molar-refractivity contribution in [3.05, 3.63) is 47.0 Å². The van der Waals surface area contributed by atoms with E-state index in [-0.39, 0.29) is 40.0 Å². The van der Waals surface area contributed by atoms with Crippen molar-refractivity contribution < 1.29 is 45.1 Å². The first-order valence-electron chi connectivity index (χ1n) is 11.9. The van der Waals surface area contributed by atoms with Crippen molar-refractivity contribution in [2.24, 2.45) is 5.92 Å². The number of carbonyl (C=O) groups is 1. The van der Waals surface area contributed by atoms with Crippen molar-refractivity contribution in [2.45, 2.75) is 83.1 Å². The van der Waals surface area contributed by atoms with Crippen molar-refractivity contribution in [1.82, 2.24) is 0 Å². The molecule has 3 rings (SSSR count). The monoisotopic (exact) mass is 543 g/mol. The standard InChI is InChI=1S/C26H31F3O7S/c1-15(2)19-14-21(17(5)12-23(19)37(31,32)33)34-24(30)18-8-9-20(36-26(27,28)29)22(13-18)35-25(16(3)4)10-6-7-11-25/h8-9,12-16H,6-7,10-11H2,1-5H3,(H,31,32,33)/p-1. The van der Waals surface area contributed by atoms with Crippen LogP contribution in [0.25, 0.3) is 0 Å². The fourth-order valence-corrected chi connectivity index (χ4v) is 5.43. The summed E-state index contributed by atoms with van der Waals surface area (Å²) in [6.07, 6.45) is -1.94. The number of halogens is 3. The molecule has 0 N–H and O–H groups in total. The largest absolute Gasteiger partial charge is 0.744 e. The highest BCUT2D eigenvalue weighted by atomic mass is 32.2. The summed E-state index contributed by atoms with van der Waals surface area (Å²) in [6, 6.07) is 5.74. The Labute approximate surface area is 214 Å². The molecule has 37 heavy (non-hydrogen) atoms. The summed E-state index contributed by atoms with van der Waals surface area (Å²) in [4.78, 5) is 12.6. The van der Waals surface area contributed by atoms with E-state index in [1.54, 1.807) is 13.8 Å². The molecule has 7 nitrogen and oxygen atoms in total. The van der Waals surface area contributed by atoms with Gasteiger partial charge in [0.25, 0.3) is 0 Å². The Balaban J connectivity index is 1.99. The van der Waals surface area contributed by atoms with Crippen molar-refractivity contribution >= 4 is 16.1 Å². The third kappa shape index (κ3) is 6.75. The zero-order valence-corrected chi connectivity index (χ0v) is 22.1. The van der Waals surface area contributed by atoms with Crippen LogP contribution in [0.15, 0.2) is 35.2 Å². The van der Waals surface area contributed by atoms with E-state index in [0.29, 0.717) is 12.8 Å². The Morgan fingerprint density at radius 1 is 1.00 bits per heavy atom. The molecule has 0 atom stereocenters. The Kier molecular flexibility index (Phi) is 8.19. The second-order valence-electron chi connectivity index (χ2n) is 9.89. The molecular weight excluding hydrogens is 513 g/mol. The van der Waals surface area contributed by atoms with E-state index in [2.05, 4.69) is 4.74 Å². The van der Waals surface area contributed by atoms with Crippen LogP contribution < -0.4 is 14.2 Å².